The Kier molecular flexibility index (Phi) is 7.05. The number of halogens is 2. The maximum absolute atomic E-state index is 13.3. The Morgan fingerprint density at radius 2 is 2.00 bits per heavy atom. The van der Waals surface area contributed by atoms with E-state index in [1.807, 2.05) is 0 Å². The molecular formula is C14H18ClFN4O4. The van der Waals surface area contributed by atoms with Crippen LogP contribution in [-0.4, -0.2) is 66.3 Å². The number of piperazine rings is 1. The second-order valence-corrected chi connectivity index (χ2v) is 5.21. The summed E-state index contributed by atoms with van der Waals surface area (Å²) in [5, 5.41) is 14.1. The van der Waals surface area contributed by atoms with E-state index in [9.17, 15) is 24.1 Å². The van der Waals surface area contributed by atoms with Crippen molar-refractivity contribution in [2.45, 2.75) is 0 Å². The molecule has 1 aliphatic rings. The molecular weight excluding hydrogens is 343 g/mol. The molecule has 1 aliphatic heterocycles. The molecule has 1 heterocycles. The van der Waals surface area contributed by atoms with E-state index in [0.717, 1.165) is 23.1 Å². The Balaban J connectivity index is 0.00000288. The van der Waals surface area contributed by atoms with Gasteiger partial charge < -0.3 is 15.1 Å². The molecule has 0 bridgehead atoms. The third-order valence-electron chi connectivity index (χ3n) is 3.57. The van der Waals surface area contributed by atoms with Crippen LogP contribution in [0.3, 0.4) is 0 Å². The minimum atomic E-state index is -0.764. The first kappa shape index (κ1) is 19.8. The van der Waals surface area contributed by atoms with Crippen molar-refractivity contribution in [3.63, 3.8) is 0 Å². The zero-order chi connectivity index (χ0) is 17.0. The number of benzene rings is 1. The average Bonchev–Trinajstić information content (AvgIpc) is 2.54. The van der Waals surface area contributed by atoms with Crippen LogP contribution in [0.4, 0.5) is 10.1 Å². The van der Waals surface area contributed by atoms with Crippen molar-refractivity contribution in [2.75, 3.05) is 39.8 Å². The highest BCUT2D eigenvalue weighted by Gasteiger charge is 2.26. The fourth-order valence-electron chi connectivity index (χ4n) is 2.33. The van der Waals surface area contributed by atoms with E-state index >= 15 is 0 Å². The van der Waals surface area contributed by atoms with E-state index < -0.39 is 22.3 Å². The Hall–Kier alpha value is -2.26. The Morgan fingerprint density at radius 1 is 1.38 bits per heavy atom. The first-order valence-electron chi connectivity index (χ1n) is 7.08. The van der Waals surface area contributed by atoms with E-state index in [0.29, 0.717) is 26.2 Å². The standard InChI is InChI=1S/C14H17FN4O4.ClH/c1-17(9-13(20)18-6-4-16-5-7-18)14(21)11-8-10(15)2-3-12(11)19(22)23;/h2-3,8,16H,4-7,9H2,1H3;1H. The fraction of sp³-hybridized carbons (Fsp3) is 0.429. The van der Waals surface area contributed by atoms with Crippen LogP contribution in [-0.2, 0) is 4.79 Å². The van der Waals surface area contributed by atoms with E-state index in [4.69, 9.17) is 0 Å². The lowest BCUT2D eigenvalue weighted by Crippen LogP contribution is -2.49. The van der Waals surface area contributed by atoms with Gasteiger partial charge in [-0.15, -0.1) is 12.4 Å². The molecule has 0 unspecified atom stereocenters. The highest BCUT2D eigenvalue weighted by molar-refractivity contribution is 5.99. The van der Waals surface area contributed by atoms with Crippen molar-refractivity contribution in [2.24, 2.45) is 0 Å². The predicted octanol–water partition coefficient (Wildman–Crippen LogP) is 0.660. The van der Waals surface area contributed by atoms with Gasteiger partial charge in [-0.1, -0.05) is 0 Å². The van der Waals surface area contributed by atoms with Crippen molar-refractivity contribution in [1.82, 2.24) is 15.1 Å². The number of nitrogens with one attached hydrogen (secondary N) is 1. The zero-order valence-electron chi connectivity index (χ0n) is 13.0. The first-order chi connectivity index (χ1) is 10.9. The molecule has 24 heavy (non-hydrogen) atoms. The van der Waals surface area contributed by atoms with Crippen LogP contribution in [0, 0.1) is 15.9 Å². The Bertz CT molecular complexity index is 637. The number of amides is 2. The third-order valence-corrected chi connectivity index (χ3v) is 3.57. The number of hydrogen-bond donors (Lipinski definition) is 1. The second kappa shape index (κ2) is 8.55. The monoisotopic (exact) mass is 360 g/mol. The molecule has 0 aliphatic carbocycles. The molecule has 8 nitrogen and oxygen atoms in total. The van der Waals surface area contributed by atoms with Gasteiger partial charge in [0.15, 0.2) is 0 Å². The van der Waals surface area contributed by atoms with E-state index in [-0.39, 0.29) is 30.4 Å². The molecule has 2 amide bonds. The summed E-state index contributed by atoms with van der Waals surface area (Å²) in [4.78, 5) is 37.3. The van der Waals surface area contributed by atoms with Crippen molar-refractivity contribution >= 4 is 29.9 Å². The number of hydrogen-bond acceptors (Lipinski definition) is 5. The van der Waals surface area contributed by atoms with Crippen LogP contribution < -0.4 is 5.32 Å². The summed E-state index contributed by atoms with van der Waals surface area (Å²) in [5.74, 6) is -1.76. The normalized spacial score (nSPS) is 13.8. The molecule has 1 saturated heterocycles. The smallest absolute Gasteiger partial charge is 0.282 e. The van der Waals surface area contributed by atoms with E-state index in [1.54, 1.807) is 4.90 Å². The summed E-state index contributed by atoms with van der Waals surface area (Å²) < 4.78 is 13.3. The molecule has 1 N–H and O–H groups in total. The van der Waals surface area contributed by atoms with Crippen molar-refractivity contribution in [3.05, 3.63) is 39.7 Å². The summed E-state index contributed by atoms with van der Waals surface area (Å²) in [7, 11) is 1.36. The number of nitrogens with zero attached hydrogens (tertiary/aromatic N) is 3. The zero-order valence-corrected chi connectivity index (χ0v) is 13.8. The molecule has 0 atom stereocenters. The van der Waals surface area contributed by atoms with E-state index in [2.05, 4.69) is 5.32 Å². The molecule has 2 rings (SSSR count). The van der Waals surface area contributed by atoms with Gasteiger partial charge in [-0.3, -0.25) is 19.7 Å². The molecule has 10 heteroatoms. The maximum atomic E-state index is 13.3. The lowest BCUT2D eigenvalue weighted by molar-refractivity contribution is -0.385. The summed E-state index contributed by atoms with van der Waals surface area (Å²) >= 11 is 0. The Labute approximate surface area is 144 Å². The number of likely N-dealkylation sites (N-methyl/N-ethyl adjacent to an activating group) is 1. The molecule has 0 radical (unpaired) electrons. The molecule has 1 fully saturated rings. The SMILES string of the molecule is CN(CC(=O)N1CCNCC1)C(=O)c1cc(F)ccc1[N+](=O)[O-].Cl. The molecule has 0 saturated carbocycles. The summed E-state index contributed by atoms with van der Waals surface area (Å²) in [6.07, 6.45) is 0. The van der Waals surface area contributed by atoms with Crippen LogP contribution in [0.5, 0.6) is 0 Å². The summed E-state index contributed by atoms with van der Waals surface area (Å²) in [6.45, 7) is 2.23. The minimum absolute atomic E-state index is 0. The van der Waals surface area contributed by atoms with Gasteiger partial charge in [0.25, 0.3) is 11.6 Å². The number of carbonyl (C=O) groups excluding carboxylic acids is 2. The molecule has 1 aromatic rings. The van der Waals surface area contributed by atoms with Gasteiger partial charge in [-0.05, 0) is 12.1 Å². The van der Waals surface area contributed by atoms with Crippen LogP contribution in [0.2, 0.25) is 0 Å². The largest absolute Gasteiger partial charge is 0.339 e. The van der Waals surface area contributed by atoms with Crippen molar-refractivity contribution in [1.29, 1.82) is 0 Å². The number of rotatable bonds is 4. The molecule has 0 spiro atoms. The average molecular weight is 361 g/mol. The van der Waals surface area contributed by atoms with Gasteiger partial charge in [0.05, 0.1) is 11.5 Å². The third kappa shape index (κ3) is 4.62. The van der Waals surface area contributed by atoms with Gasteiger partial charge in [0, 0.05) is 39.3 Å². The highest BCUT2D eigenvalue weighted by atomic mass is 35.5. The Morgan fingerprint density at radius 3 is 2.58 bits per heavy atom. The van der Waals surface area contributed by atoms with Crippen LogP contribution >= 0.6 is 12.4 Å². The molecule has 0 aromatic heterocycles. The minimum Gasteiger partial charge on any atom is -0.339 e. The topological polar surface area (TPSA) is 95.8 Å². The van der Waals surface area contributed by atoms with Gasteiger partial charge in [0.1, 0.15) is 11.4 Å². The molecule has 132 valence electrons. The quantitative estimate of drug-likeness (QED) is 0.628. The lowest BCUT2D eigenvalue weighted by atomic mass is 10.1. The number of nitro groups is 1. The van der Waals surface area contributed by atoms with Crippen LogP contribution in [0.15, 0.2) is 18.2 Å². The van der Waals surface area contributed by atoms with Gasteiger partial charge in [-0.25, -0.2) is 4.39 Å². The van der Waals surface area contributed by atoms with Crippen LogP contribution in [0.1, 0.15) is 10.4 Å². The highest BCUT2D eigenvalue weighted by Crippen LogP contribution is 2.21. The fourth-order valence-corrected chi connectivity index (χ4v) is 2.33. The van der Waals surface area contributed by atoms with Gasteiger partial charge in [0.2, 0.25) is 5.91 Å². The summed E-state index contributed by atoms with van der Waals surface area (Å²) in [6, 6.07) is 2.67. The van der Waals surface area contributed by atoms with E-state index in [1.165, 1.54) is 7.05 Å². The van der Waals surface area contributed by atoms with Gasteiger partial charge >= 0.3 is 0 Å². The van der Waals surface area contributed by atoms with Crippen LogP contribution in [0.25, 0.3) is 0 Å². The molecule has 1 aromatic carbocycles. The first-order valence-corrected chi connectivity index (χ1v) is 7.08. The predicted molar refractivity (Wildman–Crippen MR) is 86.7 cm³/mol. The van der Waals surface area contributed by atoms with Crippen molar-refractivity contribution in [3.8, 4) is 0 Å². The van der Waals surface area contributed by atoms with Crippen molar-refractivity contribution < 1.29 is 18.9 Å². The maximum Gasteiger partial charge on any atom is 0.282 e. The lowest BCUT2D eigenvalue weighted by Gasteiger charge is -2.29. The number of nitro benzene ring substituents is 1. The number of carbonyl (C=O) groups is 2. The summed E-state index contributed by atoms with van der Waals surface area (Å²) in [5.41, 5.74) is -0.858. The second-order valence-electron chi connectivity index (χ2n) is 5.21. The van der Waals surface area contributed by atoms with Gasteiger partial charge in [-0.2, -0.15) is 0 Å².